The van der Waals surface area contributed by atoms with E-state index >= 15 is 0 Å². The van der Waals surface area contributed by atoms with E-state index in [-0.39, 0.29) is 18.3 Å². The molecule has 0 radical (unpaired) electrons. The van der Waals surface area contributed by atoms with E-state index in [2.05, 4.69) is 5.32 Å². The lowest BCUT2D eigenvalue weighted by Crippen LogP contribution is -2.53. The first-order chi connectivity index (χ1) is 10.5. The molecular formula is C16H20ClNO4. The molecule has 1 amide bonds. The lowest BCUT2D eigenvalue weighted by molar-refractivity contribution is -0.150. The van der Waals surface area contributed by atoms with Crippen LogP contribution in [0.5, 0.6) is 5.75 Å². The number of methoxy groups -OCH3 is 2. The number of ether oxygens (including phenoxy) is 2. The Hall–Kier alpha value is -1.75. The van der Waals surface area contributed by atoms with Gasteiger partial charge in [0, 0.05) is 10.6 Å². The summed E-state index contributed by atoms with van der Waals surface area (Å²) in [6, 6.07) is 5.22. The van der Waals surface area contributed by atoms with Crippen molar-refractivity contribution < 1.29 is 19.1 Å². The van der Waals surface area contributed by atoms with Crippen LogP contribution in [0.25, 0.3) is 0 Å². The van der Waals surface area contributed by atoms with Gasteiger partial charge in [-0.05, 0) is 25.0 Å². The maximum Gasteiger partial charge on any atom is 0.331 e. The van der Waals surface area contributed by atoms with Gasteiger partial charge in [-0.25, -0.2) is 4.79 Å². The minimum atomic E-state index is -0.902. The van der Waals surface area contributed by atoms with Crippen molar-refractivity contribution in [1.29, 1.82) is 0 Å². The lowest BCUT2D eigenvalue weighted by atomic mass is 9.97. The summed E-state index contributed by atoms with van der Waals surface area (Å²) in [5, 5.41) is 3.31. The summed E-state index contributed by atoms with van der Waals surface area (Å²) >= 11 is 6.14. The van der Waals surface area contributed by atoms with E-state index in [1.165, 1.54) is 14.2 Å². The second-order valence-electron chi connectivity index (χ2n) is 5.43. The van der Waals surface area contributed by atoms with E-state index in [1.807, 2.05) is 0 Å². The zero-order valence-corrected chi connectivity index (χ0v) is 13.5. The van der Waals surface area contributed by atoms with Crippen LogP contribution in [0.15, 0.2) is 18.2 Å². The van der Waals surface area contributed by atoms with Gasteiger partial charge in [-0.15, -0.1) is 0 Å². The lowest BCUT2D eigenvalue weighted by Gasteiger charge is -2.27. The molecular weight excluding hydrogens is 306 g/mol. The molecule has 120 valence electrons. The largest absolute Gasteiger partial charge is 0.496 e. The maximum absolute atomic E-state index is 12.4. The quantitative estimate of drug-likeness (QED) is 0.845. The number of halogens is 1. The minimum absolute atomic E-state index is 0.0571. The van der Waals surface area contributed by atoms with Crippen molar-refractivity contribution in [2.75, 3.05) is 14.2 Å². The summed E-state index contributed by atoms with van der Waals surface area (Å²) in [7, 11) is 2.87. The Morgan fingerprint density at radius 1 is 1.27 bits per heavy atom. The van der Waals surface area contributed by atoms with Crippen LogP contribution in [0.1, 0.15) is 31.2 Å². The molecule has 1 saturated carbocycles. The zero-order chi connectivity index (χ0) is 16.2. The summed E-state index contributed by atoms with van der Waals surface area (Å²) in [6.07, 6.45) is 3.05. The van der Waals surface area contributed by atoms with Crippen LogP contribution in [0.2, 0.25) is 5.02 Å². The number of amides is 1. The Balaban J connectivity index is 2.14. The molecule has 0 atom stereocenters. The van der Waals surface area contributed by atoms with Gasteiger partial charge < -0.3 is 14.8 Å². The number of esters is 1. The van der Waals surface area contributed by atoms with Crippen molar-refractivity contribution in [3.05, 3.63) is 28.8 Å². The van der Waals surface area contributed by atoms with Crippen molar-refractivity contribution >= 4 is 23.5 Å². The first kappa shape index (κ1) is 16.6. The Labute approximate surface area is 134 Å². The van der Waals surface area contributed by atoms with Crippen molar-refractivity contribution in [3.8, 4) is 5.75 Å². The van der Waals surface area contributed by atoms with E-state index < -0.39 is 5.54 Å². The molecule has 0 aliphatic heterocycles. The molecule has 0 heterocycles. The van der Waals surface area contributed by atoms with Gasteiger partial charge in [0.05, 0.1) is 20.6 Å². The van der Waals surface area contributed by atoms with Crippen LogP contribution in [-0.2, 0) is 20.7 Å². The van der Waals surface area contributed by atoms with Gasteiger partial charge in [0.1, 0.15) is 11.3 Å². The third-order valence-electron chi connectivity index (χ3n) is 4.05. The summed E-state index contributed by atoms with van der Waals surface area (Å²) in [4.78, 5) is 24.4. The van der Waals surface area contributed by atoms with E-state index in [0.717, 1.165) is 12.8 Å². The predicted octanol–water partition coefficient (Wildman–Crippen LogP) is 2.49. The molecule has 1 fully saturated rings. The Kier molecular flexibility index (Phi) is 5.29. The highest BCUT2D eigenvalue weighted by atomic mass is 35.5. The molecule has 1 N–H and O–H groups in total. The molecule has 1 aromatic rings. The van der Waals surface area contributed by atoms with Gasteiger partial charge in [0.15, 0.2) is 0 Å². The third kappa shape index (κ3) is 3.35. The fourth-order valence-electron chi connectivity index (χ4n) is 2.93. The number of rotatable bonds is 5. The molecule has 1 aliphatic rings. The standard InChI is InChI=1S/C16H20ClNO4/c1-21-13-7-5-6-12(17)11(13)10-14(19)18-16(15(20)22-2)8-3-4-9-16/h5-7H,3-4,8-10H2,1-2H3,(H,18,19). The van der Waals surface area contributed by atoms with Crippen LogP contribution < -0.4 is 10.1 Å². The number of nitrogens with one attached hydrogen (secondary N) is 1. The van der Waals surface area contributed by atoms with Gasteiger partial charge in [-0.1, -0.05) is 30.5 Å². The Morgan fingerprint density at radius 3 is 2.55 bits per heavy atom. The fraction of sp³-hybridized carbons (Fsp3) is 0.500. The molecule has 6 heteroatoms. The minimum Gasteiger partial charge on any atom is -0.496 e. The van der Waals surface area contributed by atoms with Gasteiger partial charge >= 0.3 is 5.97 Å². The highest BCUT2D eigenvalue weighted by Crippen LogP contribution is 2.32. The van der Waals surface area contributed by atoms with Crippen molar-refractivity contribution in [2.45, 2.75) is 37.6 Å². The number of carbonyl (C=O) groups excluding carboxylic acids is 2. The van der Waals surface area contributed by atoms with E-state index in [9.17, 15) is 9.59 Å². The summed E-state index contributed by atoms with van der Waals surface area (Å²) in [5.74, 6) is -0.0932. The highest BCUT2D eigenvalue weighted by Gasteiger charge is 2.43. The van der Waals surface area contributed by atoms with Gasteiger partial charge in [-0.3, -0.25) is 4.79 Å². The first-order valence-corrected chi connectivity index (χ1v) is 7.61. The third-order valence-corrected chi connectivity index (χ3v) is 4.40. The number of carbonyl (C=O) groups is 2. The van der Waals surface area contributed by atoms with Gasteiger partial charge in [-0.2, -0.15) is 0 Å². The van der Waals surface area contributed by atoms with Crippen molar-refractivity contribution in [1.82, 2.24) is 5.32 Å². The first-order valence-electron chi connectivity index (χ1n) is 7.23. The van der Waals surface area contributed by atoms with Crippen LogP contribution >= 0.6 is 11.6 Å². The average Bonchev–Trinajstić information content (AvgIpc) is 2.98. The number of hydrogen-bond donors (Lipinski definition) is 1. The normalized spacial score (nSPS) is 16.1. The van der Waals surface area contributed by atoms with Crippen LogP contribution in [-0.4, -0.2) is 31.6 Å². The van der Waals surface area contributed by atoms with E-state index in [0.29, 0.717) is 29.2 Å². The molecule has 0 spiro atoms. The van der Waals surface area contributed by atoms with E-state index in [1.54, 1.807) is 18.2 Å². The Bertz CT molecular complexity index is 567. The second kappa shape index (κ2) is 7.01. The average molecular weight is 326 g/mol. The van der Waals surface area contributed by atoms with Gasteiger partial charge in [0.25, 0.3) is 0 Å². The summed E-state index contributed by atoms with van der Waals surface area (Å²) in [5.41, 5.74) is -0.289. The predicted molar refractivity (Wildman–Crippen MR) is 83.1 cm³/mol. The topological polar surface area (TPSA) is 64.6 Å². The molecule has 0 bridgehead atoms. The smallest absolute Gasteiger partial charge is 0.331 e. The number of benzene rings is 1. The Morgan fingerprint density at radius 2 is 1.95 bits per heavy atom. The molecule has 1 aliphatic carbocycles. The highest BCUT2D eigenvalue weighted by molar-refractivity contribution is 6.31. The zero-order valence-electron chi connectivity index (χ0n) is 12.8. The molecule has 2 rings (SSSR count). The van der Waals surface area contributed by atoms with Gasteiger partial charge in [0.2, 0.25) is 5.91 Å². The molecule has 0 saturated heterocycles. The molecule has 5 nitrogen and oxygen atoms in total. The summed E-state index contributed by atoms with van der Waals surface area (Å²) in [6.45, 7) is 0. The molecule has 22 heavy (non-hydrogen) atoms. The molecule has 0 unspecified atom stereocenters. The van der Waals surface area contributed by atoms with Crippen LogP contribution in [0, 0.1) is 0 Å². The van der Waals surface area contributed by atoms with Crippen molar-refractivity contribution in [2.24, 2.45) is 0 Å². The number of hydrogen-bond acceptors (Lipinski definition) is 4. The van der Waals surface area contributed by atoms with Crippen LogP contribution in [0.4, 0.5) is 0 Å². The second-order valence-corrected chi connectivity index (χ2v) is 5.83. The maximum atomic E-state index is 12.4. The molecule has 0 aromatic heterocycles. The van der Waals surface area contributed by atoms with Crippen molar-refractivity contribution in [3.63, 3.8) is 0 Å². The monoisotopic (exact) mass is 325 g/mol. The SMILES string of the molecule is COC(=O)C1(NC(=O)Cc2c(Cl)cccc2OC)CCCC1. The van der Waals surface area contributed by atoms with E-state index in [4.69, 9.17) is 21.1 Å². The molecule has 1 aromatic carbocycles. The van der Waals surface area contributed by atoms with Crippen LogP contribution in [0.3, 0.4) is 0 Å². The fourth-order valence-corrected chi connectivity index (χ4v) is 3.16. The summed E-state index contributed by atoms with van der Waals surface area (Å²) < 4.78 is 10.1.